The van der Waals surface area contributed by atoms with Crippen LogP contribution in [0.15, 0.2) is 67.0 Å². The number of carbonyl (C=O) groups excluding carboxylic acids is 2. The molecule has 3 aromatic rings. The van der Waals surface area contributed by atoms with Gasteiger partial charge in [-0.2, -0.15) is 5.10 Å². The zero-order chi connectivity index (χ0) is 21.8. The van der Waals surface area contributed by atoms with Crippen molar-refractivity contribution in [2.75, 3.05) is 16.8 Å². The topological polar surface area (TPSA) is 85.7 Å². The maximum atomic E-state index is 13.1. The lowest BCUT2D eigenvalue weighted by Gasteiger charge is -2.36. The van der Waals surface area contributed by atoms with E-state index in [0.29, 0.717) is 36.0 Å². The van der Waals surface area contributed by atoms with Crippen molar-refractivity contribution in [3.05, 3.63) is 67.0 Å². The van der Waals surface area contributed by atoms with Gasteiger partial charge in [0.1, 0.15) is 24.1 Å². The molecule has 0 saturated carbocycles. The van der Waals surface area contributed by atoms with Crippen LogP contribution in [0.4, 0.5) is 11.4 Å². The van der Waals surface area contributed by atoms with E-state index in [-0.39, 0.29) is 11.8 Å². The summed E-state index contributed by atoms with van der Waals surface area (Å²) in [6.45, 7) is 4.36. The minimum Gasteiger partial charge on any atom is -0.489 e. The number of carbonyl (C=O) groups is 2. The van der Waals surface area contributed by atoms with Gasteiger partial charge in [0.2, 0.25) is 5.91 Å². The van der Waals surface area contributed by atoms with Gasteiger partial charge in [-0.3, -0.25) is 19.2 Å². The van der Waals surface area contributed by atoms with E-state index in [2.05, 4.69) is 10.4 Å². The zero-order valence-corrected chi connectivity index (χ0v) is 17.4. The Bertz CT molecular complexity index is 1070. The van der Waals surface area contributed by atoms with Gasteiger partial charge in [-0.25, -0.2) is 0 Å². The summed E-state index contributed by atoms with van der Waals surface area (Å²) >= 11 is 0. The Morgan fingerprint density at radius 2 is 1.97 bits per heavy atom. The van der Waals surface area contributed by atoms with Crippen LogP contribution >= 0.6 is 0 Å². The highest BCUT2D eigenvalue weighted by molar-refractivity contribution is 6.08. The second-order valence-electron chi connectivity index (χ2n) is 7.22. The highest BCUT2D eigenvalue weighted by atomic mass is 16.5. The first-order chi connectivity index (χ1) is 15.0. The van der Waals surface area contributed by atoms with Gasteiger partial charge in [0, 0.05) is 12.4 Å². The fourth-order valence-corrected chi connectivity index (χ4v) is 3.44. The van der Waals surface area contributed by atoms with Crippen LogP contribution in [0.25, 0.3) is 0 Å². The molecule has 1 aromatic heterocycles. The molecule has 1 aliphatic rings. The van der Waals surface area contributed by atoms with Gasteiger partial charge in [-0.05, 0) is 44.2 Å². The van der Waals surface area contributed by atoms with Crippen molar-refractivity contribution >= 4 is 23.2 Å². The molecule has 4 rings (SSSR count). The predicted molar refractivity (Wildman–Crippen MR) is 116 cm³/mol. The minimum atomic E-state index is -0.739. The Morgan fingerprint density at radius 3 is 2.77 bits per heavy atom. The second kappa shape index (κ2) is 8.91. The van der Waals surface area contributed by atoms with Crippen LogP contribution in [0.1, 0.15) is 13.8 Å². The molecule has 2 unspecified atom stereocenters. The molecule has 1 N–H and O–H groups in total. The summed E-state index contributed by atoms with van der Waals surface area (Å²) in [5.74, 6) is 0.555. The van der Waals surface area contributed by atoms with Gasteiger partial charge in [-0.15, -0.1) is 0 Å². The number of nitrogens with zero attached hydrogens (tertiary/aromatic N) is 3. The number of hydrogen-bond acceptors (Lipinski definition) is 5. The number of fused-ring (bicyclic) bond motifs is 1. The smallest absolute Gasteiger partial charge is 0.268 e. The van der Waals surface area contributed by atoms with Crippen molar-refractivity contribution in [3.8, 4) is 11.5 Å². The molecule has 160 valence electrons. The van der Waals surface area contributed by atoms with Crippen LogP contribution in [-0.2, 0) is 16.1 Å². The fraction of sp³-hybridized carbons (Fsp3) is 0.261. The van der Waals surface area contributed by atoms with Gasteiger partial charge in [0.25, 0.3) is 5.91 Å². The SMILES string of the molecule is CC1Oc2ccccc2N(C(C)C(=O)Nc2ccccc2OCCn2cccn2)C1=O. The summed E-state index contributed by atoms with van der Waals surface area (Å²) in [5.41, 5.74) is 1.12. The molecule has 8 heteroatoms. The molecular formula is C23H24N4O4. The van der Waals surface area contributed by atoms with E-state index in [4.69, 9.17) is 9.47 Å². The van der Waals surface area contributed by atoms with Gasteiger partial charge in [-0.1, -0.05) is 24.3 Å². The summed E-state index contributed by atoms with van der Waals surface area (Å²) in [6.07, 6.45) is 2.90. The quantitative estimate of drug-likeness (QED) is 0.635. The number of rotatable bonds is 7. The Labute approximate surface area is 180 Å². The summed E-state index contributed by atoms with van der Waals surface area (Å²) in [5, 5.41) is 7.04. The molecule has 0 saturated heterocycles. The van der Waals surface area contributed by atoms with Crippen molar-refractivity contribution in [2.24, 2.45) is 0 Å². The first kappa shape index (κ1) is 20.5. The number of amides is 2. The lowest BCUT2D eigenvalue weighted by molar-refractivity contribution is -0.128. The summed E-state index contributed by atoms with van der Waals surface area (Å²) in [6, 6.07) is 15.5. The Morgan fingerprint density at radius 1 is 1.19 bits per heavy atom. The number of anilines is 2. The fourth-order valence-electron chi connectivity index (χ4n) is 3.44. The molecule has 2 amide bonds. The first-order valence-electron chi connectivity index (χ1n) is 10.1. The molecule has 0 aliphatic carbocycles. The average Bonchev–Trinajstić information content (AvgIpc) is 3.29. The van der Waals surface area contributed by atoms with Crippen LogP contribution in [0.2, 0.25) is 0 Å². The highest BCUT2D eigenvalue weighted by Crippen LogP contribution is 2.35. The highest BCUT2D eigenvalue weighted by Gasteiger charge is 2.37. The maximum Gasteiger partial charge on any atom is 0.268 e. The van der Waals surface area contributed by atoms with Crippen LogP contribution in [0, 0.1) is 0 Å². The lowest BCUT2D eigenvalue weighted by Crippen LogP contribution is -2.52. The Hall–Kier alpha value is -3.81. The van der Waals surface area contributed by atoms with Crippen LogP contribution < -0.4 is 19.7 Å². The van der Waals surface area contributed by atoms with E-state index >= 15 is 0 Å². The molecule has 31 heavy (non-hydrogen) atoms. The van der Waals surface area contributed by atoms with Crippen LogP contribution in [0.3, 0.4) is 0 Å². The van der Waals surface area contributed by atoms with Crippen molar-refractivity contribution < 1.29 is 19.1 Å². The molecule has 0 spiro atoms. The summed E-state index contributed by atoms with van der Waals surface area (Å²) in [7, 11) is 0. The Kier molecular flexibility index (Phi) is 5.88. The number of hydrogen-bond donors (Lipinski definition) is 1. The average molecular weight is 420 g/mol. The number of aromatic nitrogens is 2. The maximum absolute atomic E-state index is 13.1. The van der Waals surface area contributed by atoms with Crippen LogP contribution in [0.5, 0.6) is 11.5 Å². The van der Waals surface area contributed by atoms with E-state index in [1.165, 1.54) is 4.90 Å². The molecule has 0 bridgehead atoms. The van der Waals surface area contributed by atoms with Crippen molar-refractivity contribution in [1.82, 2.24) is 9.78 Å². The van der Waals surface area contributed by atoms with Gasteiger partial charge in [0.05, 0.1) is 17.9 Å². The normalized spacial score (nSPS) is 16.3. The van der Waals surface area contributed by atoms with E-state index < -0.39 is 12.1 Å². The molecule has 8 nitrogen and oxygen atoms in total. The third kappa shape index (κ3) is 4.37. The summed E-state index contributed by atoms with van der Waals surface area (Å²) < 4.78 is 13.3. The van der Waals surface area contributed by atoms with E-state index in [0.717, 1.165) is 0 Å². The standard InChI is InChI=1S/C23H24N4O4/c1-16(27-19-9-4-6-11-21(19)31-17(2)23(27)29)22(28)25-18-8-3-5-10-20(18)30-15-14-26-13-7-12-24-26/h3-13,16-17H,14-15H2,1-2H3,(H,25,28). The van der Waals surface area contributed by atoms with E-state index in [1.807, 2.05) is 36.5 Å². The van der Waals surface area contributed by atoms with Crippen molar-refractivity contribution in [3.63, 3.8) is 0 Å². The van der Waals surface area contributed by atoms with Gasteiger partial charge in [0.15, 0.2) is 6.10 Å². The number of nitrogens with one attached hydrogen (secondary N) is 1. The lowest BCUT2D eigenvalue weighted by atomic mass is 10.1. The zero-order valence-electron chi connectivity index (χ0n) is 17.4. The first-order valence-corrected chi connectivity index (χ1v) is 10.1. The van der Waals surface area contributed by atoms with E-state index in [9.17, 15) is 9.59 Å². The molecule has 0 fully saturated rings. The van der Waals surface area contributed by atoms with Gasteiger partial charge < -0.3 is 14.8 Å². The molecule has 1 aliphatic heterocycles. The number of ether oxygens (including phenoxy) is 2. The number of para-hydroxylation sites is 4. The molecule has 2 aromatic carbocycles. The van der Waals surface area contributed by atoms with Crippen molar-refractivity contribution in [1.29, 1.82) is 0 Å². The predicted octanol–water partition coefficient (Wildman–Crippen LogP) is 3.10. The van der Waals surface area contributed by atoms with Crippen LogP contribution in [-0.4, -0.2) is 40.3 Å². The largest absolute Gasteiger partial charge is 0.489 e. The Balaban J connectivity index is 1.47. The molecule has 2 heterocycles. The monoisotopic (exact) mass is 420 g/mol. The van der Waals surface area contributed by atoms with E-state index in [1.54, 1.807) is 49.0 Å². The number of benzene rings is 2. The summed E-state index contributed by atoms with van der Waals surface area (Å²) in [4.78, 5) is 27.4. The second-order valence-corrected chi connectivity index (χ2v) is 7.22. The van der Waals surface area contributed by atoms with Gasteiger partial charge >= 0.3 is 0 Å². The third-order valence-corrected chi connectivity index (χ3v) is 5.06. The minimum absolute atomic E-state index is 0.259. The third-order valence-electron chi connectivity index (χ3n) is 5.06. The van der Waals surface area contributed by atoms with Crippen molar-refractivity contribution in [2.45, 2.75) is 32.5 Å². The molecule has 2 atom stereocenters. The molecular weight excluding hydrogens is 396 g/mol. The molecule has 0 radical (unpaired) electrons.